The number of ether oxygens (including phenoxy) is 1. The van der Waals surface area contributed by atoms with Gasteiger partial charge in [-0.25, -0.2) is 0 Å². The second-order valence-electron chi connectivity index (χ2n) is 7.11. The zero-order valence-corrected chi connectivity index (χ0v) is 14.9. The van der Waals surface area contributed by atoms with E-state index < -0.39 is 5.54 Å². The second kappa shape index (κ2) is 6.79. The number of morpholine rings is 1. The summed E-state index contributed by atoms with van der Waals surface area (Å²) in [5, 5.41) is 7.74. The Morgan fingerprint density at radius 2 is 2.04 bits per heavy atom. The zero-order chi connectivity index (χ0) is 15.8. The Bertz CT molecular complexity index is 526. The first-order valence-corrected chi connectivity index (χ1v) is 8.11. The van der Waals surface area contributed by atoms with Crippen molar-refractivity contribution in [3.63, 3.8) is 0 Å². The quantitative estimate of drug-likeness (QED) is 0.883. The molecule has 3 heterocycles. The molecule has 0 spiro atoms. The number of aromatic nitrogens is 2. The Balaban J connectivity index is 0.00000192. The molecule has 0 radical (unpaired) electrons. The number of halogens is 1. The summed E-state index contributed by atoms with van der Waals surface area (Å²) in [4.78, 5) is 15.4. The summed E-state index contributed by atoms with van der Waals surface area (Å²) in [7, 11) is 0. The lowest BCUT2D eigenvalue weighted by atomic mass is 9.86. The molecule has 1 atom stereocenters. The van der Waals surface area contributed by atoms with Gasteiger partial charge in [0.15, 0.2) is 0 Å². The van der Waals surface area contributed by atoms with Crippen molar-refractivity contribution < 1.29 is 9.53 Å². The fourth-order valence-electron chi connectivity index (χ4n) is 3.81. The van der Waals surface area contributed by atoms with Gasteiger partial charge in [0.05, 0.1) is 11.7 Å². The van der Waals surface area contributed by atoms with Crippen molar-refractivity contribution in [2.45, 2.75) is 50.9 Å². The van der Waals surface area contributed by atoms with Crippen molar-refractivity contribution in [1.29, 1.82) is 0 Å². The predicted octanol–water partition coefficient (Wildman–Crippen LogP) is 1.41. The van der Waals surface area contributed by atoms with Crippen LogP contribution in [-0.2, 0) is 15.1 Å². The molecular formula is C16H27ClN4O2. The van der Waals surface area contributed by atoms with E-state index in [9.17, 15) is 4.79 Å². The third-order valence-corrected chi connectivity index (χ3v) is 4.63. The molecule has 1 unspecified atom stereocenters. The number of hydrogen-bond donors (Lipinski definition) is 1. The highest BCUT2D eigenvalue weighted by Gasteiger charge is 2.47. The van der Waals surface area contributed by atoms with Gasteiger partial charge in [-0.1, -0.05) is 0 Å². The predicted molar refractivity (Wildman–Crippen MR) is 90.8 cm³/mol. The van der Waals surface area contributed by atoms with E-state index in [1.165, 1.54) is 0 Å². The molecule has 0 saturated carbocycles. The van der Waals surface area contributed by atoms with E-state index in [1.807, 2.05) is 42.6 Å². The lowest BCUT2D eigenvalue weighted by Gasteiger charge is -2.46. The smallest absolute Gasteiger partial charge is 0.250 e. The van der Waals surface area contributed by atoms with E-state index in [0.717, 1.165) is 25.9 Å². The number of hydrogen-bond acceptors (Lipinski definition) is 4. The van der Waals surface area contributed by atoms with Crippen LogP contribution in [-0.4, -0.2) is 58.5 Å². The van der Waals surface area contributed by atoms with E-state index >= 15 is 0 Å². The number of piperidine rings is 1. The highest BCUT2D eigenvalue weighted by molar-refractivity contribution is 5.85. The Hall–Kier alpha value is -1.11. The molecule has 1 amide bonds. The average molecular weight is 343 g/mol. The molecule has 2 saturated heterocycles. The highest BCUT2D eigenvalue weighted by atomic mass is 35.5. The molecule has 3 rings (SSSR count). The summed E-state index contributed by atoms with van der Waals surface area (Å²) in [5.74, 6) is 0.181. The number of rotatable bonds is 2. The van der Waals surface area contributed by atoms with Gasteiger partial charge in [0.2, 0.25) is 0 Å². The molecular weight excluding hydrogens is 316 g/mol. The van der Waals surface area contributed by atoms with Crippen molar-refractivity contribution >= 4 is 18.3 Å². The fourth-order valence-corrected chi connectivity index (χ4v) is 3.81. The first-order valence-electron chi connectivity index (χ1n) is 8.11. The van der Waals surface area contributed by atoms with Crippen LogP contribution in [0.1, 0.15) is 33.6 Å². The first kappa shape index (κ1) is 18.2. The third-order valence-electron chi connectivity index (χ3n) is 4.63. The van der Waals surface area contributed by atoms with E-state index in [2.05, 4.69) is 10.4 Å². The molecule has 130 valence electrons. The summed E-state index contributed by atoms with van der Waals surface area (Å²) in [6.07, 6.45) is 5.28. The minimum atomic E-state index is -0.554. The van der Waals surface area contributed by atoms with Crippen LogP contribution in [0.3, 0.4) is 0 Å². The maximum atomic E-state index is 13.4. The van der Waals surface area contributed by atoms with E-state index in [4.69, 9.17) is 4.74 Å². The fraction of sp³-hybridized carbons (Fsp3) is 0.750. The minimum absolute atomic E-state index is 0. The van der Waals surface area contributed by atoms with Gasteiger partial charge in [0.25, 0.3) is 5.91 Å². The number of nitrogens with zero attached hydrogens (tertiary/aromatic N) is 3. The Kier molecular flexibility index (Phi) is 5.38. The Labute approximate surface area is 144 Å². The number of nitrogens with one attached hydrogen (secondary N) is 1. The first-order chi connectivity index (χ1) is 10.4. The normalized spacial score (nSPS) is 26.4. The summed E-state index contributed by atoms with van der Waals surface area (Å²) >= 11 is 0. The van der Waals surface area contributed by atoms with Crippen molar-refractivity contribution in [2.75, 3.05) is 26.2 Å². The van der Waals surface area contributed by atoms with E-state index in [-0.39, 0.29) is 30.0 Å². The van der Waals surface area contributed by atoms with Crippen molar-refractivity contribution in [1.82, 2.24) is 20.0 Å². The maximum Gasteiger partial charge on any atom is 0.250 e. The van der Waals surface area contributed by atoms with Crippen LogP contribution in [0.2, 0.25) is 0 Å². The summed E-state index contributed by atoms with van der Waals surface area (Å²) in [6, 6.07) is 1.89. The van der Waals surface area contributed by atoms with Crippen LogP contribution in [0, 0.1) is 0 Å². The van der Waals surface area contributed by atoms with Gasteiger partial charge >= 0.3 is 0 Å². The van der Waals surface area contributed by atoms with Gasteiger partial charge in [0, 0.05) is 25.5 Å². The molecule has 1 aromatic rings. The second-order valence-corrected chi connectivity index (χ2v) is 7.11. The van der Waals surface area contributed by atoms with Gasteiger partial charge < -0.3 is 15.0 Å². The molecule has 0 bridgehead atoms. The molecule has 2 fully saturated rings. The van der Waals surface area contributed by atoms with Crippen LogP contribution < -0.4 is 5.32 Å². The van der Waals surface area contributed by atoms with Crippen molar-refractivity contribution in [2.24, 2.45) is 0 Å². The lowest BCUT2D eigenvalue weighted by molar-refractivity contribution is -0.167. The van der Waals surface area contributed by atoms with Gasteiger partial charge in [-0.15, -0.1) is 12.4 Å². The molecule has 7 heteroatoms. The molecule has 6 nitrogen and oxygen atoms in total. The largest absolute Gasteiger partial charge is 0.369 e. The standard InChI is InChI=1S/C16H26N4O2.ClH/c1-13-11-19(12-15(2,3)22-13)14(21)16(5-8-17-9-6-16)20-10-4-7-18-20;/h4,7,10,13,17H,5-6,8-9,11-12H2,1-3H3;1H. The van der Waals surface area contributed by atoms with E-state index in [1.54, 1.807) is 6.20 Å². The molecule has 23 heavy (non-hydrogen) atoms. The van der Waals surface area contributed by atoms with Gasteiger partial charge in [0.1, 0.15) is 5.54 Å². The Morgan fingerprint density at radius 1 is 1.35 bits per heavy atom. The molecule has 1 aromatic heterocycles. The van der Waals surface area contributed by atoms with Crippen molar-refractivity contribution in [3.05, 3.63) is 18.5 Å². The molecule has 0 aliphatic carbocycles. The van der Waals surface area contributed by atoms with Crippen molar-refractivity contribution in [3.8, 4) is 0 Å². The number of carbonyl (C=O) groups is 1. The molecule has 1 N–H and O–H groups in total. The monoisotopic (exact) mass is 342 g/mol. The summed E-state index contributed by atoms with van der Waals surface area (Å²) in [5.41, 5.74) is -0.854. The van der Waals surface area contributed by atoms with E-state index in [0.29, 0.717) is 13.1 Å². The third kappa shape index (κ3) is 3.54. The minimum Gasteiger partial charge on any atom is -0.369 e. The molecule has 0 aromatic carbocycles. The van der Waals surface area contributed by atoms with Gasteiger partial charge in [-0.2, -0.15) is 5.10 Å². The highest BCUT2D eigenvalue weighted by Crippen LogP contribution is 2.32. The topological polar surface area (TPSA) is 59.4 Å². The average Bonchev–Trinajstić information content (AvgIpc) is 2.99. The number of amides is 1. The van der Waals surface area contributed by atoms with Crippen LogP contribution in [0.25, 0.3) is 0 Å². The van der Waals surface area contributed by atoms with Gasteiger partial charge in [-0.3, -0.25) is 9.48 Å². The van der Waals surface area contributed by atoms with Crippen LogP contribution in [0.15, 0.2) is 18.5 Å². The maximum absolute atomic E-state index is 13.4. The summed E-state index contributed by atoms with van der Waals surface area (Å²) in [6.45, 7) is 9.09. The number of carbonyl (C=O) groups excluding carboxylic acids is 1. The van der Waals surface area contributed by atoms with Crippen LogP contribution in [0.5, 0.6) is 0 Å². The summed E-state index contributed by atoms with van der Waals surface area (Å²) < 4.78 is 7.80. The Morgan fingerprint density at radius 3 is 2.61 bits per heavy atom. The zero-order valence-electron chi connectivity index (χ0n) is 14.1. The lowest BCUT2D eigenvalue weighted by Crippen LogP contribution is -2.61. The SMILES string of the molecule is CC1CN(C(=O)C2(n3cccn3)CCNCC2)CC(C)(C)O1.Cl. The van der Waals surface area contributed by atoms with Crippen LogP contribution >= 0.6 is 12.4 Å². The molecule has 2 aliphatic heterocycles. The molecule has 2 aliphatic rings. The van der Waals surface area contributed by atoms with Gasteiger partial charge in [-0.05, 0) is 52.8 Å². The van der Waals surface area contributed by atoms with Crippen LogP contribution in [0.4, 0.5) is 0 Å².